The fourth-order valence-electron chi connectivity index (χ4n) is 1.74. The van der Waals surface area contributed by atoms with Gasteiger partial charge in [-0.05, 0) is 44.0 Å². The summed E-state index contributed by atoms with van der Waals surface area (Å²) in [5, 5.41) is 5.47. The lowest BCUT2D eigenvalue weighted by Crippen LogP contribution is -2.35. The highest BCUT2D eigenvalue weighted by molar-refractivity contribution is 5.95. The number of carbonyl (C=O) groups is 2. The van der Waals surface area contributed by atoms with Crippen LogP contribution in [-0.4, -0.2) is 31.2 Å². The van der Waals surface area contributed by atoms with E-state index in [1.807, 2.05) is 13.8 Å². The number of nitrogens with two attached hydrogens (primary N) is 1. The summed E-state index contributed by atoms with van der Waals surface area (Å²) in [5.74, 6) is -0.490. The number of aryl methyl sites for hydroxylation is 1. The van der Waals surface area contributed by atoms with Crippen LogP contribution in [0.4, 0.5) is 10.5 Å². The molecule has 0 fully saturated rings. The van der Waals surface area contributed by atoms with Gasteiger partial charge in [-0.2, -0.15) is 0 Å². The second kappa shape index (κ2) is 8.26. The van der Waals surface area contributed by atoms with Gasteiger partial charge in [-0.15, -0.1) is 0 Å². The predicted octanol–water partition coefficient (Wildman–Crippen LogP) is 2.03. The van der Waals surface area contributed by atoms with Crippen molar-refractivity contribution in [1.82, 2.24) is 5.32 Å². The molecule has 0 aromatic heterocycles. The van der Waals surface area contributed by atoms with Crippen molar-refractivity contribution in [2.75, 3.05) is 18.5 Å². The second-order valence-corrected chi connectivity index (χ2v) is 4.91. The highest BCUT2D eigenvalue weighted by Gasteiger charge is 2.08. The van der Waals surface area contributed by atoms with E-state index < -0.39 is 5.91 Å². The Morgan fingerprint density at radius 2 is 2.10 bits per heavy atom. The fraction of sp³-hybridized carbons (Fsp3) is 0.467. The van der Waals surface area contributed by atoms with Crippen molar-refractivity contribution in [3.63, 3.8) is 0 Å². The summed E-state index contributed by atoms with van der Waals surface area (Å²) in [6, 6.07) is 4.58. The minimum atomic E-state index is -0.490. The van der Waals surface area contributed by atoms with Gasteiger partial charge in [0.15, 0.2) is 0 Å². The smallest absolute Gasteiger partial charge is 0.319 e. The Balaban J connectivity index is 2.49. The maximum atomic E-state index is 11.8. The van der Waals surface area contributed by atoms with Gasteiger partial charge in [0, 0.05) is 24.4 Å². The third kappa shape index (κ3) is 5.83. The van der Waals surface area contributed by atoms with Gasteiger partial charge >= 0.3 is 6.03 Å². The van der Waals surface area contributed by atoms with E-state index in [0.29, 0.717) is 24.4 Å². The SMILES string of the molecule is CCCOC(C)CNC(=O)Nc1ccc(C(N)=O)cc1C. The van der Waals surface area contributed by atoms with Crippen LogP contribution in [0.1, 0.15) is 36.2 Å². The molecule has 1 aromatic rings. The molecular formula is C15H23N3O3. The van der Waals surface area contributed by atoms with E-state index >= 15 is 0 Å². The second-order valence-electron chi connectivity index (χ2n) is 4.91. The number of amides is 3. The average molecular weight is 293 g/mol. The standard InChI is InChI=1S/C15H23N3O3/c1-4-7-21-11(3)9-17-15(20)18-13-6-5-12(14(16)19)8-10(13)2/h5-6,8,11H,4,7,9H2,1-3H3,(H2,16,19)(H2,17,18,20). The topological polar surface area (TPSA) is 93.4 Å². The van der Waals surface area contributed by atoms with Gasteiger partial charge in [-0.1, -0.05) is 6.92 Å². The van der Waals surface area contributed by atoms with Crippen molar-refractivity contribution < 1.29 is 14.3 Å². The Bertz CT molecular complexity index is 503. The Morgan fingerprint density at radius 1 is 1.38 bits per heavy atom. The molecule has 1 atom stereocenters. The summed E-state index contributed by atoms with van der Waals surface area (Å²) in [4.78, 5) is 22.9. The van der Waals surface area contributed by atoms with Crippen molar-refractivity contribution in [2.24, 2.45) is 5.73 Å². The number of anilines is 1. The number of carbonyl (C=O) groups excluding carboxylic acids is 2. The van der Waals surface area contributed by atoms with Crippen LogP contribution >= 0.6 is 0 Å². The predicted molar refractivity (Wildman–Crippen MR) is 82.4 cm³/mol. The first-order valence-corrected chi connectivity index (χ1v) is 7.01. The third-order valence-corrected chi connectivity index (χ3v) is 2.92. The van der Waals surface area contributed by atoms with Crippen LogP contribution in [0.25, 0.3) is 0 Å². The molecule has 6 heteroatoms. The number of rotatable bonds is 7. The normalized spacial score (nSPS) is 11.8. The molecule has 0 heterocycles. The molecule has 3 amide bonds. The maximum absolute atomic E-state index is 11.8. The van der Waals surface area contributed by atoms with Gasteiger partial charge in [-0.3, -0.25) is 4.79 Å². The van der Waals surface area contributed by atoms with Crippen LogP contribution in [-0.2, 0) is 4.74 Å². The van der Waals surface area contributed by atoms with Crippen molar-refractivity contribution in [3.8, 4) is 0 Å². The van der Waals surface area contributed by atoms with Gasteiger partial charge in [0.05, 0.1) is 6.10 Å². The summed E-state index contributed by atoms with van der Waals surface area (Å²) in [5.41, 5.74) is 7.03. The van der Waals surface area contributed by atoms with E-state index in [2.05, 4.69) is 10.6 Å². The van der Waals surface area contributed by atoms with E-state index in [0.717, 1.165) is 12.0 Å². The summed E-state index contributed by atoms with van der Waals surface area (Å²) >= 11 is 0. The third-order valence-electron chi connectivity index (χ3n) is 2.92. The first-order chi connectivity index (χ1) is 9.93. The van der Waals surface area contributed by atoms with Crippen LogP contribution < -0.4 is 16.4 Å². The molecule has 0 spiro atoms. The first kappa shape index (κ1) is 17.0. The minimum Gasteiger partial charge on any atom is -0.377 e. The van der Waals surface area contributed by atoms with Crippen LogP contribution in [0, 0.1) is 6.92 Å². The molecule has 0 aliphatic heterocycles. The molecule has 0 bridgehead atoms. The maximum Gasteiger partial charge on any atom is 0.319 e. The Kier molecular flexibility index (Phi) is 6.68. The van der Waals surface area contributed by atoms with Crippen LogP contribution in [0.5, 0.6) is 0 Å². The molecule has 1 rings (SSSR count). The van der Waals surface area contributed by atoms with Gasteiger partial charge in [0.2, 0.25) is 5.91 Å². The summed E-state index contributed by atoms with van der Waals surface area (Å²) in [7, 11) is 0. The van der Waals surface area contributed by atoms with E-state index in [9.17, 15) is 9.59 Å². The molecular weight excluding hydrogens is 270 g/mol. The molecule has 0 radical (unpaired) electrons. The number of hydrogen-bond acceptors (Lipinski definition) is 3. The van der Waals surface area contributed by atoms with E-state index in [1.54, 1.807) is 25.1 Å². The lowest BCUT2D eigenvalue weighted by atomic mass is 10.1. The molecule has 1 aromatic carbocycles. The highest BCUT2D eigenvalue weighted by Crippen LogP contribution is 2.16. The molecule has 4 N–H and O–H groups in total. The molecule has 21 heavy (non-hydrogen) atoms. The number of benzene rings is 1. The number of urea groups is 1. The van der Waals surface area contributed by atoms with Crippen LogP contribution in [0.3, 0.4) is 0 Å². The van der Waals surface area contributed by atoms with Crippen LogP contribution in [0.15, 0.2) is 18.2 Å². The first-order valence-electron chi connectivity index (χ1n) is 7.01. The molecule has 0 aliphatic carbocycles. The number of hydrogen-bond donors (Lipinski definition) is 3. The Labute approximate surface area is 125 Å². The number of nitrogens with one attached hydrogen (secondary N) is 2. The van der Waals surface area contributed by atoms with Gasteiger partial charge < -0.3 is 21.1 Å². The number of primary amides is 1. The van der Waals surface area contributed by atoms with Crippen molar-refractivity contribution in [2.45, 2.75) is 33.3 Å². The summed E-state index contributed by atoms with van der Waals surface area (Å²) in [6.07, 6.45) is 0.913. The Morgan fingerprint density at radius 3 is 2.67 bits per heavy atom. The van der Waals surface area contributed by atoms with E-state index in [1.165, 1.54) is 0 Å². The average Bonchev–Trinajstić information content (AvgIpc) is 2.44. The quantitative estimate of drug-likeness (QED) is 0.718. The lowest BCUT2D eigenvalue weighted by molar-refractivity contribution is 0.0682. The molecule has 0 saturated heterocycles. The molecule has 0 aliphatic rings. The van der Waals surface area contributed by atoms with Gasteiger partial charge in [-0.25, -0.2) is 4.79 Å². The van der Waals surface area contributed by atoms with Crippen LogP contribution in [0.2, 0.25) is 0 Å². The minimum absolute atomic E-state index is 0.0333. The molecule has 6 nitrogen and oxygen atoms in total. The number of ether oxygens (including phenoxy) is 1. The zero-order valence-corrected chi connectivity index (χ0v) is 12.7. The van der Waals surface area contributed by atoms with Crippen molar-refractivity contribution in [1.29, 1.82) is 0 Å². The summed E-state index contributed by atoms with van der Waals surface area (Å²) in [6.45, 7) is 6.85. The highest BCUT2D eigenvalue weighted by atomic mass is 16.5. The van der Waals surface area contributed by atoms with E-state index in [4.69, 9.17) is 10.5 Å². The molecule has 1 unspecified atom stereocenters. The molecule has 0 saturated carbocycles. The monoisotopic (exact) mass is 293 g/mol. The largest absolute Gasteiger partial charge is 0.377 e. The van der Waals surface area contributed by atoms with Crippen molar-refractivity contribution in [3.05, 3.63) is 29.3 Å². The zero-order chi connectivity index (χ0) is 15.8. The van der Waals surface area contributed by atoms with Crippen molar-refractivity contribution >= 4 is 17.6 Å². The van der Waals surface area contributed by atoms with Gasteiger partial charge in [0.25, 0.3) is 0 Å². The lowest BCUT2D eigenvalue weighted by Gasteiger charge is -2.15. The van der Waals surface area contributed by atoms with E-state index in [-0.39, 0.29) is 12.1 Å². The summed E-state index contributed by atoms with van der Waals surface area (Å²) < 4.78 is 5.46. The zero-order valence-electron chi connectivity index (χ0n) is 12.7. The van der Waals surface area contributed by atoms with Gasteiger partial charge in [0.1, 0.15) is 0 Å². The fourth-order valence-corrected chi connectivity index (χ4v) is 1.74. The Hall–Kier alpha value is -2.08. The molecule has 116 valence electrons.